The Morgan fingerprint density at radius 2 is 2.21 bits per heavy atom. The Bertz CT molecular complexity index is 515. The number of amides is 1. The number of rotatable bonds is 5. The van der Waals surface area contributed by atoms with E-state index < -0.39 is 16.6 Å². The van der Waals surface area contributed by atoms with Crippen molar-refractivity contribution >= 4 is 11.6 Å². The lowest BCUT2D eigenvalue weighted by Gasteiger charge is -2.25. The third kappa shape index (κ3) is 3.37. The average Bonchev–Trinajstić information content (AvgIpc) is 2.35. The fourth-order valence-electron chi connectivity index (χ4n) is 1.61. The predicted molar refractivity (Wildman–Crippen MR) is 69.4 cm³/mol. The van der Waals surface area contributed by atoms with Crippen molar-refractivity contribution in [2.45, 2.75) is 19.9 Å². The molecule has 1 amide bonds. The van der Waals surface area contributed by atoms with Gasteiger partial charge in [-0.25, -0.2) is 4.39 Å². The van der Waals surface area contributed by atoms with Crippen LogP contribution in [0.25, 0.3) is 0 Å². The highest BCUT2D eigenvalue weighted by Crippen LogP contribution is 2.19. The van der Waals surface area contributed by atoms with Crippen LogP contribution in [0.5, 0.6) is 0 Å². The number of hydrogen-bond donors (Lipinski definition) is 0. The summed E-state index contributed by atoms with van der Waals surface area (Å²) in [6.45, 7) is 7.33. The van der Waals surface area contributed by atoms with Gasteiger partial charge in [0.1, 0.15) is 5.82 Å². The molecule has 0 unspecified atom stereocenters. The number of non-ortho nitro benzene ring substituents is 1. The van der Waals surface area contributed by atoms with Gasteiger partial charge in [-0.2, -0.15) is 0 Å². The lowest BCUT2D eigenvalue weighted by molar-refractivity contribution is -0.384. The molecule has 1 aromatic carbocycles. The Balaban J connectivity index is 3.19. The van der Waals surface area contributed by atoms with Gasteiger partial charge in [0.2, 0.25) is 0 Å². The minimum absolute atomic E-state index is 0.163. The molecule has 0 saturated carbocycles. The number of nitrogens with zero attached hydrogens (tertiary/aromatic N) is 2. The maximum atomic E-state index is 13.7. The van der Waals surface area contributed by atoms with Gasteiger partial charge >= 0.3 is 0 Å². The SMILES string of the molecule is C=CCN(C(=O)c1cc([N+](=O)[O-])ccc1F)C(C)C. The van der Waals surface area contributed by atoms with Crippen LogP contribution >= 0.6 is 0 Å². The first-order valence-electron chi connectivity index (χ1n) is 5.74. The van der Waals surface area contributed by atoms with E-state index >= 15 is 0 Å². The van der Waals surface area contributed by atoms with E-state index in [2.05, 4.69) is 6.58 Å². The summed E-state index contributed by atoms with van der Waals surface area (Å²) < 4.78 is 13.7. The highest BCUT2D eigenvalue weighted by molar-refractivity contribution is 5.95. The lowest BCUT2D eigenvalue weighted by atomic mass is 10.1. The van der Waals surface area contributed by atoms with Crippen molar-refractivity contribution in [1.82, 2.24) is 4.90 Å². The summed E-state index contributed by atoms with van der Waals surface area (Å²) in [5.41, 5.74) is -0.614. The molecule has 0 fully saturated rings. The van der Waals surface area contributed by atoms with Gasteiger partial charge < -0.3 is 4.90 Å². The normalized spacial score (nSPS) is 10.3. The Morgan fingerprint density at radius 3 is 2.68 bits per heavy atom. The molecule has 6 heteroatoms. The van der Waals surface area contributed by atoms with Gasteiger partial charge in [0, 0.05) is 24.7 Å². The van der Waals surface area contributed by atoms with Crippen LogP contribution in [0.1, 0.15) is 24.2 Å². The molecule has 102 valence electrons. The molecule has 19 heavy (non-hydrogen) atoms. The molecule has 0 radical (unpaired) electrons. The third-order valence-electron chi connectivity index (χ3n) is 2.60. The molecule has 0 aliphatic heterocycles. The zero-order chi connectivity index (χ0) is 14.6. The van der Waals surface area contributed by atoms with Gasteiger partial charge in [0.15, 0.2) is 0 Å². The number of nitro groups is 1. The van der Waals surface area contributed by atoms with Crippen molar-refractivity contribution in [3.8, 4) is 0 Å². The number of hydrogen-bond acceptors (Lipinski definition) is 3. The zero-order valence-corrected chi connectivity index (χ0v) is 10.8. The molecule has 0 aliphatic carbocycles. The van der Waals surface area contributed by atoms with Gasteiger partial charge in [-0.3, -0.25) is 14.9 Å². The zero-order valence-electron chi connectivity index (χ0n) is 10.8. The van der Waals surface area contributed by atoms with E-state index in [1.807, 2.05) is 0 Å². The van der Waals surface area contributed by atoms with Gasteiger partial charge in [-0.05, 0) is 19.9 Å². The standard InChI is InChI=1S/C13H15FN2O3/c1-4-7-15(9(2)3)13(17)11-8-10(16(18)19)5-6-12(11)14/h4-6,8-9H,1,7H2,2-3H3. The summed E-state index contributed by atoms with van der Waals surface area (Å²) in [6.07, 6.45) is 1.52. The first-order valence-corrected chi connectivity index (χ1v) is 5.74. The molecule has 0 aromatic heterocycles. The molecule has 0 heterocycles. The third-order valence-corrected chi connectivity index (χ3v) is 2.60. The van der Waals surface area contributed by atoms with Crippen molar-refractivity contribution < 1.29 is 14.1 Å². The molecule has 0 saturated heterocycles. The summed E-state index contributed by atoms with van der Waals surface area (Å²) in [7, 11) is 0. The fourth-order valence-corrected chi connectivity index (χ4v) is 1.61. The fraction of sp³-hybridized carbons (Fsp3) is 0.308. The van der Waals surface area contributed by atoms with Gasteiger partial charge in [0.25, 0.3) is 11.6 Å². The van der Waals surface area contributed by atoms with Gasteiger partial charge in [-0.15, -0.1) is 6.58 Å². The average molecular weight is 266 g/mol. The van der Waals surface area contributed by atoms with Gasteiger partial charge in [-0.1, -0.05) is 6.08 Å². The van der Waals surface area contributed by atoms with Crippen molar-refractivity contribution in [3.05, 3.63) is 52.3 Å². The monoisotopic (exact) mass is 266 g/mol. The quantitative estimate of drug-likeness (QED) is 0.467. The summed E-state index contributed by atoms with van der Waals surface area (Å²) in [5, 5.41) is 10.7. The second-order valence-electron chi connectivity index (χ2n) is 4.26. The molecule has 0 aliphatic rings. The Hall–Kier alpha value is -2.24. The maximum Gasteiger partial charge on any atom is 0.270 e. The molecule has 1 rings (SSSR count). The van der Waals surface area contributed by atoms with Crippen LogP contribution in [0, 0.1) is 15.9 Å². The van der Waals surface area contributed by atoms with E-state index in [0.717, 1.165) is 18.2 Å². The van der Waals surface area contributed by atoms with Crippen molar-refractivity contribution in [2.24, 2.45) is 0 Å². The van der Waals surface area contributed by atoms with E-state index in [-0.39, 0.29) is 23.8 Å². The van der Waals surface area contributed by atoms with Crippen molar-refractivity contribution in [1.29, 1.82) is 0 Å². The van der Waals surface area contributed by atoms with E-state index in [4.69, 9.17) is 0 Å². The topological polar surface area (TPSA) is 63.5 Å². The summed E-state index contributed by atoms with van der Waals surface area (Å²) in [6, 6.07) is 2.75. The first kappa shape index (κ1) is 14.8. The predicted octanol–water partition coefficient (Wildman–Crippen LogP) is 2.77. The highest BCUT2D eigenvalue weighted by atomic mass is 19.1. The molecule has 0 atom stereocenters. The minimum atomic E-state index is -0.773. The minimum Gasteiger partial charge on any atom is -0.332 e. The number of benzene rings is 1. The molecular weight excluding hydrogens is 251 g/mol. The van der Waals surface area contributed by atoms with E-state index in [1.54, 1.807) is 13.8 Å². The maximum absolute atomic E-state index is 13.7. The second-order valence-corrected chi connectivity index (χ2v) is 4.26. The van der Waals surface area contributed by atoms with Crippen LogP contribution in [0.4, 0.5) is 10.1 Å². The molecule has 0 N–H and O–H groups in total. The van der Waals surface area contributed by atoms with Crippen LogP contribution in [-0.2, 0) is 0 Å². The van der Waals surface area contributed by atoms with Crippen molar-refractivity contribution in [3.63, 3.8) is 0 Å². The van der Waals surface area contributed by atoms with Gasteiger partial charge in [0.05, 0.1) is 10.5 Å². The first-order chi connectivity index (χ1) is 8.88. The van der Waals surface area contributed by atoms with Crippen LogP contribution in [-0.4, -0.2) is 28.3 Å². The van der Waals surface area contributed by atoms with E-state index in [9.17, 15) is 19.3 Å². The number of halogens is 1. The van der Waals surface area contributed by atoms with Crippen LogP contribution in [0.3, 0.4) is 0 Å². The van der Waals surface area contributed by atoms with E-state index in [0.29, 0.717) is 0 Å². The smallest absolute Gasteiger partial charge is 0.270 e. The Labute approximate surface area is 110 Å². The van der Waals surface area contributed by atoms with Crippen LogP contribution < -0.4 is 0 Å². The molecule has 0 spiro atoms. The number of carbonyl (C=O) groups is 1. The van der Waals surface area contributed by atoms with Crippen LogP contribution in [0.15, 0.2) is 30.9 Å². The Kier molecular flexibility index (Phi) is 4.74. The number of carbonyl (C=O) groups excluding carboxylic acids is 1. The molecule has 1 aromatic rings. The number of nitro benzene ring substituents is 1. The summed E-state index contributed by atoms with van der Waals surface area (Å²) in [4.78, 5) is 23.6. The Morgan fingerprint density at radius 1 is 1.58 bits per heavy atom. The largest absolute Gasteiger partial charge is 0.332 e. The molecular formula is C13H15FN2O3. The van der Waals surface area contributed by atoms with Crippen molar-refractivity contribution in [2.75, 3.05) is 6.54 Å². The second kappa shape index (κ2) is 6.08. The van der Waals surface area contributed by atoms with E-state index in [1.165, 1.54) is 11.0 Å². The summed E-state index contributed by atoms with van der Waals surface area (Å²) >= 11 is 0. The van der Waals surface area contributed by atoms with Crippen LogP contribution in [0.2, 0.25) is 0 Å². The molecule has 0 bridgehead atoms. The molecule has 5 nitrogen and oxygen atoms in total. The highest BCUT2D eigenvalue weighted by Gasteiger charge is 2.23. The summed E-state index contributed by atoms with van der Waals surface area (Å²) in [5.74, 6) is -1.36. The lowest BCUT2D eigenvalue weighted by Crippen LogP contribution is -2.37.